The van der Waals surface area contributed by atoms with Crippen LogP contribution < -0.4 is 10.1 Å². The Morgan fingerprint density at radius 1 is 1.20 bits per heavy atom. The first kappa shape index (κ1) is 17.4. The van der Waals surface area contributed by atoms with Gasteiger partial charge in [0.05, 0.1) is 5.41 Å². The number of halogens is 1. The van der Waals surface area contributed by atoms with E-state index in [0.717, 1.165) is 24.0 Å². The monoisotopic (exact) mass is 343 g/mol. The molecular formula is C20H22FNO3. The van der Waals surface area contributed by atoms with E-state index in [2.05, 4.69) is 5.32 Å². The van der Waals surface area contributed by atoms with Gasteiger partial charge in [0.1, 0.15) is 24.3 Å². The van der Waals surface area contributed by atoms with Crippen LogP contribution in [0.3, 0.4) is 0 Å². The molecule has 1 atom stereocenters. The summed E-state index contributed by atoms with van der Waals surface area (Å²) < 4.78 is 18.6. The summed E-state index contributed by atoms with van der Waals surface area (Å²) in [5.74, 6) is 0.234. The maximum atomic E-state index is 13.0. The van der Waals surface area contributed by atoms with Gasteiger partial charge in [-0.2, -0.15) is 0 Å². The number of hydrogen-bond donors (Lipinski definition) is 2. The molecule has 1 aliphatic rings. The Morgan fingerprint density at radius 3 is 2.44 bits per heavy atom. The lowest BCUT2D eigenvalue weighted by molar-refractivity contribution is -0.124. The van der Waals surface area contributed by atoms with Crippen LogP contribution in [-0.2, 0) is 10.2 Å². The summed E-state index contributed by atoms with van der Waals surface area (Å²) in [6.45, 7) is 2.21. The van der Waals surface area contributed by atoms with E-state index in [4.69, 9.17) is 4.74 Å². The zero-order chi connectivity index (χ0) is 17.9. The van der Waals surface area contributed by atoms with Crippen LogP contribution in [0.2, 0.25) is 0 Å². The molecule has 1 amide bonds. The molecule has 132 valence electrons. The van der Waals surface area contributed by atoms with Crippen molar-refractivity contribution < 1.29 is 19.0 Å². The van der Waals surface area contributed by atoms with Crippen LogP contribution in [0.4, 0.5) is 4.39 Å². The number of hydrogen-bond acceptors (Lipinski definition) is 3. The van der Waals surface area contributed by atoms with Crippen molar-refractivity contribution in [3.63, 3.8) is 0 Å². The van der Waals surface area contributed by atoms with Gasteiger partial charge >= 0.3 is 0 Å². The van der Waals surface area contributed by atoms with Crippen molar-refractivity contribution in [2.45, 2.75) is 31.3 Å². The summed E-state index contributed by atoms with van der Waals surface area (Å²) in [5.41, 5.74) is 1.37. The Kier molecular flexibility index (Phi) is 5.04. The number of benzene rings is 2. The summed E-state index contributed by atoms with van der Waals surface area (Å²) in [6.07, 6.45) is 0.676. The first-order valence-corrected chi connectivity index (χ1v) is 8.41. The van der Waals surface area contributed by atoms with Crippen molar-refractivity contribution in [1.82, 2.24) is 5.32 Å². The highest BCUT2D eigenvalue weighted by atomic mass is 19.1. The number of nitrogens with one attached hydrogen (secondary N) is 1. The van der Waals surface area contributed by atoms with Crippen LogP contribution in [0.15, 0.2) is 48.5 Å². The third-order valence-corrected chi connectivity index (χ3v) is 4.54. The Bertz CT molecular complexity index is 724. The highest BCUT2D eigenvalue weighted by Crippen LogP contribution is 2.48. The molecular weight excluding hydrogens is 321 g/mol. The molecule has 2 N–H and O–H groups in total. The zero-order valence-corrected chi connectivity index (χ0v) is 14.2. The van der Waals surface area contributed by atoms with Crippen LogP contribution >= 0.6 is 0 Å². The largest absolute Gasteiger partial charge is 0.491 e. The van der Waals surface area contributed by atoms with Gasteiger partial charge in [-0.3, -0.25) is 4.79 Å². The van der Waals surface area contributed by atoms with Gasteiger partial charge in [0, 0.05) is 6.54 Å². The molecule has 5 heteroatoms. The number of carbonyl (C=O) groups is 1. The molecule has 0 bridgehead atoms. The van der Waals surface area contributed by atoms with Crippen molar-refractivity contribution in [2.75, 3.05) is 13.2 Å². The Labute approximate surface area is 146 Å². The average molecular weight is 343 g/mol. The Hall–Kier alpha value is -2.40. The number of aliphatic hydroxyl groups is 1. The summed E-state index contributed by atoms with van der Waals surface area (Å²) in [7, 11) is 0. The molecule has 1 saturated carbocycles. The Balaban J connectivity index is 1.48. The molecule has 4 nitrogen and oxygen atoms in total. The Morgan fingerprint density at radius 2 is 1.84 bits per heavy atom. The van der Waals surface area contributed by atoms with Crippen LogP contribution in [-0.4, -0.2) is 30.3 Å². The summed E-state index contributed by atoms with van der Waals surface area (Å²) >= 11 is 0. The highest BCUT2D eigenvalue weighted by molar-refractivity contribution is 5.91. The van der Waals surface area contributed by atoms with E-state index in [9.17, 15) is 14.3 Å². The second-order valence-electron chi connectivity index (χ2n) is 6.58. The minimum absolute atomic E-state index is 0.104. The van der Waals surface area contributed by atoms with Gasteiger partial charge in [0.2, 0.25) is 5.91 Å². The molecule has 0 unspecified atom stereocenters. The SMILES string of the molecule is Cc1ccc(OC[C@@H](O)CNC(=O)C2(c3ccc(F)cc3)CC2)cc1. The van der Waals surface area contributed by atoms with Crippen LogP contribution in [0.5, 0.6) is 5.75 Å². The lowest BCUT2D eigenvalue weighted by Gasteiger charge is -2.18. The van der Waals surface area contributed by atoms with Gasteiger partial charge in [-0.15, -0.1) is 0 Å². The van der Waals surface area contributed by atoms with E-state index in [1.54, 1.807) is 12.1 Å². The van der Waals surface area contributed by atoms with E-state index in [1.165, 1.54) is 12.1 Å². The minimum atomic E-state index is -0.797. The van der Waals surface area contributed by atoms with Crippen molar-refractivity contribution >= 4 is 5.91 Å². The van der Waals surface area contributed by atoms with Crippen molar-refractivity contribution in [1.29, 1.82) is 0 Å². The molecule has 1 fully saturated rings. The highest BCUT2D eigenvalue weighted by Gasteiger charge is 2.51. The molecule has 0 spiro atoms. The number of carbonyl (C=O) groups excluding carboxylic acids is 1. The fourth-order valence-electron chi connectivity index (χ4n) is 2.81. The lowest BCUT2D eigenvalue weighted by Crippen LogP contribution is -2.40. The molecule has 2 aromatic carbocycles. The quantitative estimate of drug-likeness (QED) is 0.813. The number of ether oxygens (including phenoxy) is 1. The van der Waals surface area contributed by atoms with Gasteiger partial charge in [-0.05, 0) is 49.6 Å². The van der Waals surface area contributed by atoms with E-state index < -0.39 is 11.5 Å². The number of rotatable bonds is 7. The molecule has 2 aromatic rings. The predicted octanol–water partition coefficient (Wildman–Crippen LogP) is 2.72. The first-order chi connectivity index (χ1) is 12.0. The summed E-state index contributed by atoms with van der Waals surface area (Å²) in [5, 5.41) is 12.8. The van der Waals surface area contributed by atoms with E-state index in [0.29, 0.717) is 5.75 Å². The van der Waals surface area contributed by atoms with Crippen LogP contribution in [0.25, 0.3) is 0 Å². The smallest absolute Gasteiger partial charge is 0.230 e. The average Bonchev–Trinajstić information content (AvgIpc) is 3.41. The predicted molar refractivity (Wildman–Crippen MR) is 93.0 cm³/mol. The number of amides is 1. The van der Waals surface area contributed by atoms with Gasteiger partial charge in [-0.25, -0.2) is 4.39 Å². The normalized spacial score (nSPS) is 16.1. The molecule has 25 heavy (non-hydrogen) atoms. The topological polar surface area (TPSA) is 58.6 Å². The standard InChI is InChI=1S/C20H22FNO3/c1-14-2-8-18(9-3-14)25-13-17(23)12-22-19(24)20(10-11-20)15-4-6-16(21)7-5-15/h2-9,17,23H,10-13H2,1H3,(H,22,24)/t17-/m0/s1. The van der Waals surface area contributed by atoms with Gasteiger partial charge in [0.15, 0.2) is 0 Å². The third-order valence-electron chi connectivity index (χ3n) is 4.54. The van der Waals surface area contributed by atoms with Crippen LogP contribution in [0, 0.1) is 12.7 Å². The lowest BCUT2D eigenvalue weighted by atomic mass is 9.95. The minimum Gasteiger partial charge on any atom is -0.491 e. The van der Waals surface area contributed by atoms with Gasteiger partial charge in [0.25, 0.3) is 0 Å². The molecule has 3 rings (SSSR count). The fraction of sp³-hybridized carbons (Fsp3) is 0.350. The molecule has 0 aliphatic heterocycles. The van der Waals surface area contributed by atoms with Crippen molar-refractivity contribution in [2.24, 2.45) is 0 Å². The number of aliphatic hydroxyl groups excluding tert-OH is 1. The molecule has 0 saturated heterocycles. The number of aryl methyl sites for hydroxylation is 1. The van der Waals surface area contributed by atoms with Crippen molar-refractivity contribution in [3.8, 4) is 5.75 Å². The van der Waals surface area contributed by atoms with Crippen LogP contribution in [0.1, 0.15) is 24.0 Å². The third kappa shape index (κ3) is 4.17. The molecule has 0 heterocycles. The molecule has 1 aliphatic carbocycles. The zero-order valence-electron chi connectivity index (χ0n) is 14.2. The summed E-state index contributed by atoms with van der Waals surface area (Å²) in [6, 6.07) is 13.6. The van der Waals surface area contributed by atoms with Crippen molar-refractivity contribution in [3.05, 3.63) is 65.5 Å². The second-order valence-corrected chi connectivity index (χ2v) is 6.58. The molecule has 0 aromatic heterocycles. The van der Waals surface area contributed by atoms with E-state index in [-0.39, 0.29) is 24.9 Å². The maximum Gasteiger partial charge on any atom is 0.230 e. The van der Waals surface area contributed by atoms with Gasteiger partial charge in [-0.1, -0.05) is 29.8 Å². The maximum absolute atomic E-state index is 13.0. The fourth-order valence-corrected chi connectivity index (χ4v) is 2.81. The van der Waals surface area contributed by atoms with E-state index in [1.807, 2.05) is 31.2 Å². The first-order valence-electron chi connectivity index (χ1n) is 8.41. The second kappa shape index (κ2) is 7.23. The van der Waals surface area contributed by atoms with Gasteiger partial charge < -0.3 is 15.2 Å². The summed E-state index contributed by atoms with van der Waals surface area (Å²) in [4.78, 5) is 12.5. The molecule has 0 radical (unpaired) electrons. The van der Waals surface area contributed by atoms with E-state index >= 15 is 0 Å².